The van der Waals surface area contributed by atoms with Crippen LogP contribution in [-0.4, -0.2) is 76.0 Å². The molecule has 2 aromatic rings. The molecule has 3 rings (SSSR count). The molecule has 0 atom stereocenters. The number of imidazole rings is 1. The molecule has 0 saturated heterocycles. The van der Waals surface area contributed by atoms with Crippen molar-refractivity contribution in [2.45, 2.75) is 24.8 Å². The summed E-state index contributed by atoms with van der Waals surface area (Å²) in [4.78, 5) is 41.2. The molecule has 1 amide bonds. The molecule has 0 spiro atoms. The van der Waals surface area contributed by atoms with Crippen molar-refractivity contribution >= 4 is 18.9 Å². The third-order valence-electron chi connectivity index (χ3n) is 4.51. The first-order valence-electron chi connectivity index (χ1n) is 9.07. The van der Waals surface area contributed by atoms with Crippen molar-refractivity contribution in [3.8, 4) is 0 Å². The molecule has 1 aromatic carbocycles. The van der Waals surface area contributed by atoms with Crippen LogP contribution in [0.1, 0.15) is 24.1 Å². The number of nitrogens with one attached hydrogen (secondary N) is 1. The number of likely N-dealkylation sites (N-methyl/N-ethyl adjacent to an activating group) is 1. The normalized spacial score (nSPS) is 13.2. The van der Waals surface area contributed by atoms with Crippen molar-refractivity contribution in [2.75, 3.05) is 27.2 Å². The maximum Gasteiger partial charge on any atom is 0.290 e. The van der Waals surface area contributed by atoms with Gasteiger partial charge in [0.05, 0.1) is 24.0 Å². The van der Waals surface area contributed by atoms with Gasteiger partial charge >= 0.3 is 0 Å². The van der Waals surface area contributed by atoms with Gasteiger partial charge in [-0.1, -0.05) is 30.3 Å². The highest BCUT2D eigenvalue weighted by Gasteiger charge is 2.52. The van der Waals surface area contributed by atoms with Crippen LogP contribution in [0.2, 0.25) is 0 Å². The number of H-pyrrole nitrogens is 1. The van der Waals surface area contributed by atoms with Crippen molar-refractivity contribution in [3.63, 3.8) is 0 Å². The zero-order chi connectivity index (χ0) is 21.7. The molecule has 1 aliphatic carbocycles. The lowest BCUT2D eigenvalue weighted by atomic mass is 9.94. The average Bonchev–Trinajstić information content (AvgIpc) is 3.36. The summed E-state index contributed by atoms with van der Waals surface area (Å²) in [6.45, 7) is 1.66. The fourth-order valence-corrected chi connectivity index (χ4v) is 2.96. The molecule has 1 saturated carbocycles. The molecule has 9 nitrogen and oxygen atoms in total. The zero-order valence-electron chi connectivity index (χ0n) is 16.7. The van der Waals surface area contributed by atoms with Gasteiger partial charge < -0.3 is 25.0 Å². The molecule has 1 heterocycles. The van der Waals surface area contributed by atoms with E-state index in [1.807, 2.05) is 37.2 Å². The van der Waals surface area contributed by atoms with E-state index in [0.717, 1.165) is 37.2 Å². The average molecular weight is 404 g/mol. The maximum absolute atomic E-state index is 13.2. The van der Waals surface area contributed by atoms with Gasteiger partial charge in [-0.2, -0.15) is 0 Å². The number of aromatic nitrogens is 2. The number of nitrogens with zero attached hydrogens (tertiary/aromatic N) is 3. The second kappa shape index (κ2) is 12.3. The predicted octanol–water partition coefficient (Wildman–Crippen LogP) is 1.43. The van der Waals surface area contributed by atoms with Gasteiger partial charge in [0.2, 0.25) is 5.91 Å². The van der Waals surface area contributed by atoms with Crippen molar-refractivity contribution in [1.29, 1.82) is 0 Å². The van der Waals surface area contributed by atoms with Crippen LogP contribution in [0.3, 0.4) is 0 Å². The lowest BCUT2D eigenvalue weighted by Gasteiger charge is -2.28. The lowest BCUT2D eigenvalue weighted by molar-refractivity contribution is -0.135. The minimum absolute atomic E-state index is 0.236. The number of hydrogen-bond donors (Lipinski definition) is 3. The van der Waals surface area contributed by atoms with Gasteiger partial charge in [-0.05, 0) is 32.5 Å². The SMILES string of the molecule is CN(C)CCN(Cc1cnc[nH]1)C(=O)C1(c2ccccc2)CC1.O=CO.O=CO. The van der Waals surface area contributed by atoms with E-state index in [1.54, 1.807) is 12.5 Å². The Morgan fingerprint density at radius 1 is 1.14 bits per heavy atom. The number of rotatable bonds is 7. The maximum atomic E-state index is 13.2. The molecule has 0 unspecified atom stereocenters. The number of carbonyl (C=O) groups is 3. The van der Waals surface area contributed by atoms with Crippen LogP contribution in [-0.2, 0) is 26.3 Å². The molecule has 0 bridgehead atoms. The molecule has 1 fully saturated rings. The topological polar surface area (TPSA) is 127 Å². The van der Waals surface area contributed by atoms with Crippen LogP contribution in [0.4, 0.5) is 0 Å². The quantitative estimate of drug-likeness (QED) is 0.596. The molecular weight excluding hydrogens is 376 g/mol. The van der Waals surface area contributed by atoms with Crippen LogP contribution in [0.25, 0.3) is 0 Å². The largest absolute Gasteiger partial charge is 0.483 e. The first-order valence-corrected chi connectivity index (χ1v) is 9.07. The molecular formula is C20H28N4O5. The van der Waals surface area contributed by atoms with Crippen molar-refractivity contribution in [2.24, 2.45) is 0 Å². The fraction of sp³-hybridized carbons (Fsp3) is 0.400. The molecule has 1 aromatic heterocycles. The first-order chi connectivity index (χ1) is 13.9. The number of aromatic amines is 1. The first kappa shape index (κ1) is 23.8. The Balaban J connectivity index is 0.000000626. The van der Waals surface area contributed by atoms with E-state index < -0.39 is 0 Å². The summed E-state index contributed by atoms with van der Waals surface area (Å²) in [5.74, 6) is 0.236. The monoisotopic (exact) mass is 404 g/mol. The van der Waals surface area contributed by atoms with Gasteiger partial charge in [0.25, 0.3) is 12.9 Å². The van der Waals surface area contributed by atoms with Crippen LogP contribution in [0.15, 0.2) is 42.9 Å². The van der Waals surface area contributed by atoms with Crippen molar-refractivity contribution in [1.82, 2.24) is 19.8 Å². The van der Waals surface area contributed by atoms with E-state index in [1.165, 1.54) is 0 Å². The molecule has 0 radical (unpaired) electrons. The van der Waals surface area contributed by atoms with E-state index in [0.29, 0.717) is 6.54 Å². The third-order valence-corrected chi connectivity index (χ3v) is 4.51. The van der Waals surface area contributed by atoms with Crippen LogP contribution in [0, 0.1) is 0 Å². The smallest absolute Gasteiger partial charge is 0.290 e. The van der Waals surface area contributed by atoms with E-state index in [4.69, 9.17) is 19.8 Å². The van der Waals surface area contributed by atoms with Gasteiger partial charge in [-0.15, -0.1) is 0 Å². The minimum atomic E-state index is -0.312. The van der Waals surface area contributed by atoms with Crippen molar-refractivity contribution < 1.29 is 24.6 Å². The molecule has 0 aliphatic heterocycles. The Morgan fingerprint density at radius 3 is 2.17 bits per heavy atom. The number of hydrogen-bond acceptors (Lipinski definition) is 5. The zero-order valence-corrected chi connectivity index (χ0v) is 16.7. The van der Waals surface area contributed by atoms with E-state index in [-0.39, 0.29) is 24.3 Å². The summed E-state index contributed by atoms with van der Waals surface area (Å²) in [6.07, 6.45) is 5.33. The highest BCUT2D eigenvalue weighted by molar-refractivity contribution is 5.91. The standard InChI is InChI=1S/C18H24N4O.2CH2O2/c1-21(2)10-11-22(13-16-12-19-14-20-16)17(23)18(8-9-18)15-6-4-3-5-7-15;2*2-1-3/h3-7,12,14H,8-11,13H2,1-2H3,(H,19,20);2*1H,(H,2,3). The van der Waals surface area contributed by atoms with Gasteiger partial charge in [0, 0.05) is 19.3 Å². The second-order valence-corrected chi connectivity index (χ2v) is 6.77. The minimum Gasteiger partial charge on any atom is -0.483 e. The number of carboxylic acid groups (broad SMARTS) is 2. The second-order valence-electron chi connectivity index (χ2n) is 6.77. The molecule has 9 heteroatoms. The van der Waals surface area contributed by atoms with Gasteiger partial charge in [-0.3, -0.25) is 14.4 Å². The number of benzene rings is 1. The Morgan fingerprint density at radius 2 is 1.72 bits per heavy atom. The summed E-state index contributed by atoms with van der Waals surface area (Å²) in [5, 5.41) is 13.8. The number of carbonyl (C=O) groups excluding carboxylic acids is 1. The fourth-order valence-electron chi connectivity index (χ4n) is 2.96. The van der Waals surface area contributed by atoms with Crippen LogP contribution >= 0.6 is 0 Å². The lowest BCUT2D eigenvalue weighted by Crippen LogP contribution is -2.42. The Hall–Kier alpha value is -3.20. The summed E-state index contributed by atoms with van der Waals surface area (Å²) < 4.78 is 0. The molecule has 29 heavy (non-hydrogen) atoms. The summed E-state index contributed by atoms with van der Waals surface area (Å²) in [7, 11) is 4.06. The molecule has 158 valence electrons. The number of amides is 1. The summed E-state index contributed by atoms with van der Waals surface area (Å²) in [5.41, 5.74) is 1.80. The Bertz CT molecular complexity index is 725. The highest BCUT2D eigenvalue weighted by atomic mass is 16.3. The Kier molecular flexibility index (Phi) is 10.1. The van der Waals surface area contributed by atoms with Crippen LogP contribution < -0.4 is 0 Å². The van der Waals surface area contributed by atoms with Gasteiger partial charge in [0.15, 0.2) is 0 Å². The van der Waals surface area contributed by atoms with Gasteiger partial charge in [-0.25, -0.2) is 4.98 Å². The highest BCUT2D eigenvalue weighted by Crippen LogP contribution is 2.49. The summed E-state index contributed by atoms with van der Waals surface area (Å²) in [6, 6.07) is 10.2. The Labute approximate surface area is 170 Å². The van der Waals surface area contributed by atoms with Crippen LogP contribution in [0.5, 0.6) is 0 Å². The van der Waals surface area contributed by atoms with Crippen molar-refractivity contribution in [3.05, 3.63) is 54.1 Å². The van der Waals surface area contributed by atoms with E-state index in [2.05, 4.69) is 27.0 Å². The molecule has 3 N–H and O–H groups in total. The molecule has 1 aliphatic rings. The van der Waals surface area contributed by atoms with E-state index >= 15 is 0 Å². The summed E-state index contributed by atoms with van der Waals surface area (Å²) >= 11 is 0. The van der Waals surface area contributed by atoms with E-state index in [9.17, 15) is 4.79 Å². The predicted molar refractivity (Wildman–Crippen MR) is 107 cm³/mol. The third kappa shape index (κ3) is 7.38. The van der Waals surface area contributed by atoms with Gasteiger partial charge in [0.1, 0.15) is 0 Å².